The van der Waals surface area contributed by atoms with Crippen molar-refractivity contribution < 1.29 is 9.84 Å². The molecule has 0 spiro atoms. The zero-order valence-electron chi connectivity index (χ0n) is 8.70. The van der Waals surface area contributed by atoms with Crippen molar-refractivity contribution in [2.75, 3.05) is 6.61 Å². The highest BCUT2D eigenvalue weighted by Crippen LogP contribution is 2.49. The number of fused-ring (bicyclic) bond motifs is 1. The third-order valence-corrected chi connectivity index (χ3v) is 3.49. The van der Waals surface area contributed by atoms with E-state index >= 15 is 0 Å². The van der Waals surface area contributed by atoms with Gasteiger partial charge in [-0.25, -0.2) is 0 Å². The van der Waals surface area contributed by atoms with Crippen LogP contribution in [0.3, 0.4) is 0 Å². The Hall–Kier alpha value is -0.600. The summed E-state index contributed by atoms with van der Waals surface area (Å²) in [5.41, 5.74) is 1.41. The molecule has 1 saturated heterocycles. The van der Waals surface area contributed by atoms with Crippen molar-refractivity contribution in [1.29, 1.82) is 0 Å². The second-order valence-corrected chi connectivity index (χ2v) is 4.61. The first-order chi connectivity index (χ1) is 6.68. The molecule has 0 amide bonds. The lowest BCUT2D eigenvalue weighted by Gasteiger charge is -2.23. The minimum Gasteiger partial charge on any atom is -0.394 e. The predicted octanol–water partition coefficient (Wildman–Crippen LogP) is 2.05. The van der Waals surface area contributed by atoms with E-state index < -0.39 is 0 Å². The van der Waals surface area contributed by atoms with E-state index in [2.05, 4.69) is 19.6 Å². The Morgan fingerprint density at radius 2 is 2.50 bits per heavy atom. The highest BCUT2D eigenvalue weighted by Gasteiger charge is 2.49. The number of ether oxygens (including phenoxy) is 1. The quantitative estimate of drug-likeness (QED) is 0.729. The molecule has 78 valence electrons. The fraction of sp³-hybridized carbons (Fsp3) is 0.667. The van der Waals surface area contributed by atoms with E-state index in [9.17, 15) is 0 Å². The summed E-state index contributed by atoms with van der Waals surface area (Å²) >= 11 is 0. The number of aliphatic hydroxyl groups is 1. The van der Waals surface area contributed by atoms with Crippen molar-refractivity contribution in [2.24, 2.45) is 5.92 Å². The van der Waals surface area contributed by atoms with Gasteiger partial charge in [0.25, 0.3) is 0 Å². The molecular formula is C12H18O2. The molecule has 1 saturated carbocycles. The van der Waals surface area contributed by atoms with Crippen LogP contribution in [-0.4, -0.2) is 23.4 Å². The van der Waals surface area contributed by atoms with Crippen LogP contribution in [-0.2, 0) is 4.74 Å². The lowest BCUT2D eigenvalue weighted by molar-refractivity contribution is -0.0514. The molecule has 1 aliphatic heterocycles. The maximum atomic E-state index is 9.05. The van der Waals surface area contributed by atoms with E-state index in [1.54, 1.807) is 0 Å². The van der Waals surface area contributed by atoms with E-state index in [1.807, 2.05) is 6.08 Å². The van der Waals surface area contributed by atoms with E-state index in [-0.39, 0.29) is 18.3 Å². The third-order valence-electron chi connectivity index (χ3n) is 3.49. The predicted molar refractivity (Wildman–Crippen MR) is 56.0 cm³/mol. The second-order valence-electron chi connectivity index (χ2n) is 4.61. The van der Waals surface area contributed by atoms with Gasteiger partial charge in [-0.3, -0.25) is 0 Å². The van der Waals surface area contributed by atoms with Crippen LogP contribution in [0.15, 0.2) is 24.3 Å². The number of rotatable bonds is 2. The van der Waals surface area contributed by atoms with Gasteiger partial charge in [-0.2, -0.15) is 0 Å². The van der Waals surface area contributed by atoms with E-state index in [1.165, 1.54) is 5.57 Å². The van der Waals surface area contributed by atoms with Crippen LogP contribution in [0.2, 0.25) is 0 Å². The molecule has 0 radical (unpaired) electrons. The average molecular weight is 194 g/mol. The Labute approximate surface area is 85.3 Å². The van der Waals surface area contributed by atoms with Crippen LogP contribution in [0.1, 0.15) is 26.2 Å². The molecule has 0 aromatic rings. The molecule has 2 aliphatic rings. The monoisotopic (exact) mass is 194 g/mol. The van der Waals surface area contributed by atoms with Gasteiger partial charge in [-0.15, -0.1) is 0 Å². The van der Waals surface area contributed by atoms with Crippen molar-refractivity contribution >= 4 is 0 Å². The minimum atomic E-state index is -0.0256. The number of hydrogen-bond donors (Lipinski definition) is 1. The van der Waals surface area contributed by atoms with Gasteiger partial charge in [0.1, 0.15) is 0 Å². The van der Waals surface area contributed by atoms with E-state index in [0.717, 1.165) is 19.3 Å². The fourth-order valence-corrected chi connectivity index (χ4v) is 2.82. The van der Waals surface area contributed by atoms with Gasteiger partial charge in [-0.05, 0) is 32.1 Å². The van der Waals surface area contributed by atoms with E-state index in [4.69, 9.17) is 9.84 Å². The summed E-state index contributed by atoms with van der Waals surface area (Å²) < 4.78 is 5.87. The van der Waals surface area contributed by atoms with Crippen molar-refractivity contribution in [3.63, 3.8) is 0 Å². The Morgan fingerprint density at radius 1 is 1.71 bits per heavy atom. The Balaban J connectivity index is 2.09. The first-order valence-electron chi connectivity index (χ1n) is 5.27. The van der Waals surface area contributed by atoms with Gasteiger partial charge in [0.05, 0.1) is 18.3 Å². The van der Waals surface area contributed by atoms with Gasteiger partial charge < -0.3 is 9.84 Å². The van der Waals surface area contributed by atoms with Gasteiger partial charge in [0.2, 0.25) is 0 Å². The van der Waals surface area contributed by atoms with Crippen molar-refractivity contribution in [1.82, 2.24) is 0 Å². The highest BCUT2D eigenvalue weighted by molar-refractivity contribution is 5.22. The topological polar surface area (TPSA) is 29.5 Å². The molecule has 0 unspecified atom stereocenters. The summed E-state index contributed by atoms with van der Waals surface area (Å²) in [4.78, 5) is 0. The van der Waals surface area contributed by atoms with Crippen LogP contribution < -0.4 is 0 Å². The molecular weight excluding hydrogens is 176 g/mol. The molecule has 3 atom stereocenters. The Bertz CT molecular complexity index is 269. The molecule has 2 fully saturated rings. The molecule has 0 aromatic carbocycles. The highest BCUT2D eigenvalue weighted by atomic mass is 16.5. The minimum absolute atomic E-state index is 0.0256. The molecule has 2 rings (SSSR count). The molecule has 2 heteroatoms. The smallest absolute Gasteiger partial charge is 0.0817 e. The zero-order valence-corrected chi connectivity index (χ0v) is 8.70. The Morgan fingerprint density at radius 3 is 3.07 bits per heavy atom. The summed E-state index contributed by atoms with van der Waals surface area (Å²) in [6.07, 6.45) is 7.13. The maximum absolute atomic E-state index is 9.05. The Kier molecular flexibility index (Phi) is 2.50. The van der Waals surface area contributed by atoms with Gasteiger partial charge >= 0.3 is 0 Å². The molecule has 1 heterocycles. The molecule has 1 N–H and O–H groups in total. The first kappa shape index (κ1) is 9.94. The molecule has 1 aliphatic carbocycles. The maximum Gasteiger partial charge on any atom is 0.0817 e. The largest absolute Gasteiger partial charge is 0.394 e. The normalized spacial score (nSPS) is 44.3. The first-order valence-corrected chi connectivity index (χ1v) is 5.27. The summed E-state index contributed by atoms with van der Waals surface area (Å²) in [5.74, 6) is 0.589. The van der Waals surface area contributed by atoms with Crippen molar-refractivity contribution in [2.45, 2.75) is 37.9 Å². The van der Waals surface area contributed by atoms with Crippen molar-refractivity contribution in [3.8, 4) is 0 Å². The van der Waals surface area contributed by atoms with Gasteiger partial charge in [-0.1, -0.05) is 24.3 Å². The SMILES string of the molecule is C=C/C=C1\C[C@H]2C[C@@H](CO)O[C@@]2(C)C1. The van der Waals surface area contributed by atoms with Crippen molar-refractivity contribution in [3.05, 3.63) is 24.3 Å². The summed E-state index contributed by atoms with van der Waals surface area (Å²) in [6, 6.07) is 0. The standard InChI is InChI=1S/C12H18O2/c1-3-4-9-5-10-6-11(8-13)14-12(10,2)7-9/h3-4,10-11,13H,1,5-8H2,2H3/b9-4+/t10-,11-,12-/m0/s1. The molecule has 0 aromatic heterocycles. The third kappa shape index (κ3) is 1.53. The number of allylic oxidation sites excluding steroid dienone is 2. The fourth-order valence-electron chi connectivity index (χ4n) is 2.82. The number of hydrogen-bond acceptors (Lipinski definition) is 2. The number of aliphatic hydroxyl groups excluding tert-OH is 1. The van der Waals surface area contributed by atoms with E-state index in [0.29, 0.717) is 5.92 Å². The average Bonchev–Trinajstić information content (AvgIpc) is 2.56. The van der Waals surface area contributed by atoms with Crippen LogP contribution in [0.4, 0.5) is 0 Å². The lowest BCUT2D eigenvalue weighted by atomic mass is 9.92. The van der Waals surface area contributed by atoms with Crippen LogP contribution in [0, 0.1) is 5.92 Å². The zero-order chi connectivity index (χ0) is 10.2. The van der Waals surface area contributed by atoms with Crippen LogP contribution >= 0.6 is 0 Å². The second kappa shape index (κ2) is 3.52. The molecule has 14 heavy (non-hydrogen) atoms. The lowest BCUT2D eigenvalue weighted by Crippen LogP contribution is -2.27. The van der Waals surface area contributed by atoms with Gasteiger partial charge in [0, 0.05) is 0 Å². The molecule has 2 nitrogen and oxygen atoms in total. The van der Waals surface area contributed by atoms with Crippen LogP contribution in [0.25, 0.3) is 0 Å². The summed E-state index contributed by atoms with van der Waals surface area (Å²) in [6.45, 7) is 6.04. The summed E-state index contributed by atoms with van der Waals surface area (Å²) in [5, 5.41) is 9.05. The van der Waals surface area contributed by atoms with Gasteiger partial charge in [0.15, 0.2) is 0 Å². The molecule has 0 bridgehead atoms. The summed E-state index contributed by atoms with van der Waals surface area (Å²) in [7, 11) is 0. The van der Waals surface area contributed by atoms with Crippen LogP contribution in [0.5, 0.6) is 0 Å².